The van der Waals surface area contributed by atoms with Gasteiger partial charge in [-0.25, -0.2) is 0 Å². The Morgan fingerprint density at radius 2 is 1.50 bits per heavy atom. The highest BCUT2D eigenvalue weighted by atomic mass is 32.1. The Morgan fingerprint density at radius 3 is 2.43 bits per heavy atom. The molecule has 134 valence electrons. The molecule has 0 aliphatic rings. The number of thiophene rings is 1. The molecule has 0 atom stereocenters. The zero-order valence-electron chi connectivity index (χ0n) is 15.7. The molecule has 0 fully saturated rings. The van der Waals surface area contributed by atoms with Crippen LogP contribution in [0.4, 0.5) is 0 Å². The Bertz CT molecular complexity index is 1530. The van der Waals surface area contributed by atoms with Crippen molar-refractivity contribution >= 4 is 53.4 Å². The van der Waals surface area contributed by atoms with Crippen molar-refractivity contribution in [1.29, 1.82) is 0 Å². The van der Waals surface area contributed by atoms with Crippen LogP contribution in [0.25, 0.3) is 53.2 Å². The molecule has 0 unspecified atom stereocenters. The second-order valence-electron chi connectivity index (χ2n) is 7.53. The molecular formula is C26H18OS. The van der Waals surface area contributed by atoms with Gasteiger partial charge < -0.3 is 4.42 Å². The molecule has 28 heavy (non-hydrogen) atoms. The molecule has 6 aromatic rings. The topological polar surface area (TPSA) is 13.1 Å². The predicted molar refractivity (Wildman–Crippen MR) is 122 cm³/mol. The number of para-hydroxylation sites is 1. The van der Waals surface area contributed by atoms with E-state index < -0.39 is 0 Å². The molecule has 2 heterocycles. The van der Waals surface area contributed by atoms with Crippen LogP contribution in [0.2, 0.25) is 0 Å². The number of benzene rings is 4. The van der Waals surface area contributed by atoms with Crippen LogP contribution in [-0.4, -0.2) is 0 Å². The van der Waals surface area contributed by atoms with Crippen molar-refractivity contribution < 1.29 is 4.42 Å². The first-order valence-corrected chi connectivity index (χ1v) is 10.3. The lowest BCUT2D eigenvalue weighted by atomic mass is 9.99. The van der Waals surface area contributed by atoms with Gasteiger partial charge >= 0.3 is 0 Å². The maximum Gasteiger partial charge on any atom is 0.138 e. The van der Waals surface area contributed by atoms with Crippen LogP contribution in [0.15, 0.2) is 77.2 Å². The smallest absolute Gasteiger partial charge is 0.138 e. The Labute approximate surface area is 166 Å². The largest absolute Gasteiger partial charge is 0.456 e. The third kappa shape index (κ3) is 2.18. The second kappa shape index (κ2) is 5.70. The summed E-state index contributed by atoms with van der Waals surface area (Å²) in [7, 11) is 0. The molecule has 0 radical (unpaired) electrons. The minimum absolute atomic E-state index is 0.953. The molecule has 0 amide bonds. The summed E-state index contributed by atoms with van der Waals surface area (Å²) in [5, 5.41) is 5.06. The van der Waals surface area contributed by atoms with Gasteiger partial charge in [-0.1, -0.05) is 42.5 Å². The molecule has 6 rings (SSSR count). The van der Waals surface area contributed by atoms with Gasteiger partial charge in [-0.05, 0) is 66.4 Å². The lowest BCUT2D eigenvalue weighted by Crippen LogP contribution is -1.81. The first-order chi connectivity index (χ1) is 13.7. The van der Waals surface area contributed by atoms with Gasteiger partial charge in [-0.15, -0.1) is 11.3 Å². The average molecular weight is 378 g/mol. The predicted octanol–water partition coefficient (Wildman–Crippen LogP) is 8.24. The summed E-state index contributed by atoms with van der Waals surface area (Å²) in [6.07, 6.45) is 0. The van der Waals surface area contributed by atoms with Crippen molar-refractivity contribution in [3.8, 4) is 11.1 Å². The van der Waals surface area contributed by atoms with Crippen molar-refractivity contribution in [3.63, 3.8) is 0 Å². The van der Waals surface area contributed by atoms with Crippen molar-refractivity contribution in [2.45, 2.75) is 13.8 Å². The zero-order valence-corrected chi connectivity index (χ0v) is 16.6. The van der Waals surface area contributed by atoms with E-state index in [1.807, 2.05) is 11.3 Å². The number of hydrogen-bond donors (Lipinski definition) is 0. The molecule has 2 heteroatoms. The first kappa shape index (κ1) is 15.9. The van der Waals surface area contributed by atoms with Crippen LogP contribution in [0.5, 0.6) is 0 Å². The lowest BCUT2D eigenvalue weighted by Gasteiger charge is -2.05. The number of fused-ring (bicyclic) bond motifs is 6. The third-order valence-corrected chi connectivity index (χ3v) is 7.01. The Hall–Kier alpha value is -3.10. The molecule has 0 bridgehead atoms. The van der Waals surface area contributed by atoms with Gasteiger partial charge in [0, 0.05) is 30.9 Å². The van der Waals surface area contributed by atoms with Gasteiger partial charge in [0.15, 0.2) is 0 Å². The van der Waals surface area contributed by atoms with Crippen molar-refractivity contribution in [1.82, 2.24) is 0 Å². The summed E-state index contributed by atoms with van der Waals surface area (Å²) >= 11 is 1.88. The fourth-order valence-corrected chi connectivity index (χ4v) is 5.44. The quantitative estimate of drug-likeness (QED) is 0.281. The molecule has 0 saturated heterocycles. The van der Waals surface area contributed by atoms with Crippen LogP contribution >= 0.6 is 11.3 Å². The Balaban J connectivity index is 1.62. The number of rotatable bonds is 1. The summed E-state index contributed by atoms with van der Waals surface area (Å²) in [5.74, 6) is 0. The van der Waals surface area contributed by atoms with Gasteiger partial charge in [-0.2, -0.15) is 0 Å². The summed E-state index contributed by atoms with van der Waals surface area (Å²) in [6.45, 7) is 4.31. The van der Waals surface area contributed by atoms with E-state index >= 15 is 0 Å². The van der Waals surface area contributed by atoms with Gasteiger partial charge in [0.2, 0.25) is 0 Å². The van der Waals surface area contributed by atoms with E-state index in [4.69, 9.17) is 4.42 Å². The molecule has 0 saturated carbocycles. The Kier molecular flexibility index (Phi) is 3.24. The van der Waals surface area contributed by atoms with Crippen molar-refractivity contribution in [3.05, 3.63) is 83.9 Å². The fraction of sp³-hybridized carbons (Fsp3) is 0.0769. The molecule has 2 aromatic heterocycles. The van der Waals surface area contributed by atoms with E-state index in [1.165, 1.54) is 53.2 Å². The molecular weight excluding hydrogens is 360 g/mol. The van der Waals surface area contributed by atoms with E-state index in [9.17, 15) is 0 Å². The minimum atomic E-state index is 0.953. The summed E-state index contributed by atoms with van der Waals surface area (Å²) in [5.41, 5.74) is 6.89. The van der Waals surface area contributed by atoms with E-state index in [1.54, 1.807) is 0 Å². The summed E-state index contributed by atoms with van der Waals surface area (Å²) < 4.78 is 8.95. The van der Waals surface area contributed by atoms with Crippen LogP contribution < -0.4 is 0 Å². The van der Waals surface area contributed by atoms with Crippen LogP contribution in [0, 0.1) is 13.8 Å². The molecule has 0 N–H and O–H groups in total. The van der Waals surface area contributed by atoms with Gasteiger partial charge in [0.1, 0.15) is 11.2 Å². The minimum Gasteiger partial charge on any atom is -0.456 e. The number of furan rings is 1. The zero-order chi connectivity index (χ0) is 18.8. The highest BCUT2D eigenvalue weighted by Crippen LogP contribution is 2.39. The van der Waals surface area contributed by atoms with Gasteiger partial charge in [0.25, 0.3) is 0 Å². The van der Waals surface area contributed by atoms with E-state index in [0.717, 1.165) is 11.2 Å². The van der Waals surface area contributed by atoms with Crippen molar-refractivity contribution in [2.75, 3.05) is 0 Å². The van der Waals surface area contributed by atoms with E-state index in [2.05, 4.69) is 86.6 Å². The standard InChI is InChI=1S/C26H18OS/c1-15-6-5-8-21-19-11-10-17(14-23(19)27-25(15)21)18-12-16(2)26-22(13-18)20-7-3-4-9-24(20)28-26/h3-14H,1-2H3. The summed E-state index contributed by atoms with van der Waals surface area (Å²) in [6, 6.07) is 26.2. The van der Waals surface area contributed by atoms with E-state index in [-0.39, 0.29) is 0 Å². The molecule has 4 aromatic carbocycles. The molecule has 0 spiro atoms. The van der Waals surface area contributed by atoms with Gasteiger partial charge in [0.05, 0.1) is 0 Å². The highest BCUT2D eigenvalue weighted by Gasteiger charge is 2.12. The number of aryl methyl sites for hydroxylation is 2. The van der Waals surface area contributed by atoms with E-state index in [0.29, 0.717) is 0 Å². The summed E-state index contributed by atoms with van der Waals surface area (Å²) in [4.78, 5) is 0. The van der Waals surface area contributed by atoms with Crippen molar-refractivity contribution in [2.24, 2.45) is 0 Å². The fourth-order valence-electron chi connectivity index (χ4n) is 4.28. The maximum atomic E-state index is 6.22. The Morgan fingerprint density at radius 1 is 0.643 bits per heavy atom. The molecule has 0 aliphatic carbocycles. The van der Waals surface area contributed by atoms with Crippen LogP contribution in [-0.2, 0) is 0 Å². The third-order valence-electron chi connectivity index (χ3n) is 5.69. The average Bonchev–Trinajstić information content (AvgIpc) is 3.27. The second-order valence-corrected chi connectivity index (χ2v) is 8.58. The normalized spacial score (nSPS) is 11.9. The van der Waals surface area contributed by atoms with Gasteiger partial charge in [-0.3, -0.25) is 0 Å². The maximum absolute atomic E-state index is 6.22. The van der Waals surface area contributed by atoms with Crippen LogP contribution in [0.3, 0.4) is 0 Å². The SMILES string of the molecule is Cc1cccc2c1oc1cc(-c3cc(C)c4sc5ccccc5c4c3)ccc12. The molecule has 1 nitrogen and oxygen atoms in total. The highest BCUT2D eigenvalue weighted by molar-refractivity contribution is 7.26. The molecule has 0 aliphatic heterocycles. The lowest BCUT2D eigenvalue weighted by molar-refractivity contribution is 0.666. The van der Waals surface area contributed by atoms with Crippen LogP contribution in [0.1, 0.15) is 11.1 Å². The first-order valence-electron chi connectivity index (χ1n) is 9.53. The monoisotopic (exact) mass is 378 g/mol. The number of hydrogen-bond acceptors (Lipinski definition) is 2.